The topological polar surface area (TPSA) is 55.1 Å². The van der Waals surface area contributed by atoms with Gasteiger partial charge in [-0.05, 0) is 31.9 Å². The Morgan fingerprint density at radius 3 is 2.60 bits per heavy atom. The van der Waals surface area contributed by atoms with E-state index in [1.54, 1.807) is 0 Å². The predicted octanol–water partition coefficient (Wildman–Crippen LogP) is 3.64. The average molecular weight is 292 g/mol. The van der Waals surface area contributed by atoms with E-state index in [2.05, 4.69) is 11.4 Å². The number of carbonyl (C=O) groups is 1. The third kappa shape index (κ3) is 4.00. The average Bonchev–Trinajstić information content (AvgIpc) is 2.92. The lowest BCUT2D eigenvalue weighted by molar-refractivity contribution is -0.119. The lowest BCUT2D eigenvalue weighted by atomic mass is 10.0. The van der Waals surface area contributed by atoms with Crippen LogP contribution in [0.2, 0.25) is 0 Å². The van der Waals surface area contributed by atoms with Gasteiger partial charge in [0.05, 0.1) is 11.6 Å². The number of hydrogen-bond acceptors (Lipinski definition) is 3. The molecule has 3 N–H and O–H groups in total. The van der Waals surface area contributed by atoms with Crippen molar-refractivity contribution in [3.63, 3.8) is 0 Å². The van der Waals surface area contributed by atoms with Gasteiger partial charge in [-0.3, -0.25) is 4.79 Å². The Bertz CT molecular complexity index is 456. The van der Waals surface area contributed by atoms with Crippen LogP contribution in [-0.2, 0) is 4.79 Å². The molecule has 2 rings (SSSR count). The smallest absolute Gasteiger partial charge is 0.228 e. The van der Waals surface area contributed by atoms with Crippen LogP contribution in [0.15, 0.2) is 29.2 Å². The minimum Gasteiger partial charge on any atom is -0.327 e. The van der Waals surface area contributed by atoms with Gasteiger partial charge in [-0.15, -0.1) is 11.8 Å². The van der Waals surface area contributed by atoms with Crippen molar-refractivity contribution >= 4 is 23.4 Å². The molecule has 0 heterocycles. The van der Waals surface area contributed by atoms with Crippen molar-refractivity contribution in [3.05, 3.63) is 24.3 Å². The molecule has 1 fully saturated rings. The zero-order chi connectivity index (χ0) is 14.5. The van der Waals surface area contributed by atoms with Gasteiger partial charge in [-0.2, -0.15) is 0 Å². The lowest BCUT2D eigenvalue weighted by Crippen LogP contribution is -2.34. The maximum atomic E-state index is 12.1. The summed E-state index contributed by atoms with van der Waals surface area (Å²) in [6.45, 7) is 3.73. The Morgan fingerprint density at radius 2 is 1.95 bits per heavy atom. The van der Waals surface area contributed by atoms with Gasteiger partial charge in [-0.1, -0.05) is 31.9 Å². The normalized spacial score (nSPS) is 18.8. The molecular formula is C16H24N2OS. The predicted molar refractivity (Wildman–Crippen MR) is 86.0 cm³/mol. The van der Waals surface area contributed by atoms with Crippen LogP contribution in [0, 0.1) is 5.92 Å². The van der Waals surface area contributed by atoms with Crippen molar-refractivity contribution in [1.29, 1.82) is 0 Å². The fraction of sp³-hybridized carbons (Fsp3) is 0.562. The Labute approximate surface area is 125 Å². The van der Waals surface area contributed by atoms with Crippen molar-refractivity contribution in [2.45, 2.75) is 55.7 Å². The number of para-hydroxylation sites is 1. The Morgan fingerprint density at radius 1 is 1.30 bits per heavy atom. The third-order valence-electron chi connectivity index (χ3n) is 3.94. The highest BCUT2D eigenvalue weighted by atomic mass is 32.2. The van der Waals surface area contributed by atoms with E-state index in [9.17, 15) is 4.79 Å². The van der Waals surface area contributed by atoms with E-state index in [4.69, 9.17) is 5.73 Å². The number of carbonyl (C=O) groups excluding carboxylic acids is 1. The van der Waals surface area contributed by atoms with Crippen LogP contribution in [0.1, 0.15) is 39.5 Å². The van der Waals surface area contributed by atoms with Gasteiger partial charge in [0.2, 0.25) is 5.91 Å². The van der Waals surface area contributed by atoms with Gasteiger partial charge in [-0.25, -0.2) is 0 Å². The number of hydrogen-bond donors (Lipinski definition) is 2. The molecule has 1 aromatic carbocycles. The SMILES string of the molecule is CC(N)C(C)C(=O)Nc1ccccc1SC1CCCC1. The molecule has 0 saturated heterocycles. The largest absolute Gasteiger partial charge is 0.327 e. The van der Waals surface area contributed by atoms with Gasteiger partial charge in [0.1, 0.15) is 0 Å². The fourth-order valence-electron chi connectivity index (χ4n) is 2.34. The maximum absolute atomic E-state index is 12.1. The zero-order valence-electron chi connectivity index (χ0n) is 12.3. The van der Waals surface area contributed by atoms with E-state index in [-0.39, 0.29) is 17.9 Å². The van der Waals surface area contributed by atoms with E-state index in [0.717, 1.165) is 5.69 Å². The molecule has 3 nitrogen and oxygen atoms in total. The van der Waals surface area contributed by atoms with Crippen LogP contribution < -0.4 is 11.1 Å². The standard InChI is InChI=1S/C16H24N2OS/c1-11(12(2)17)16(19)18-14-9-5-6-10-15(14)20-13-7-3-4-8-13/h5-6,9-13H,3-4,7-8,17H2,1-2H3,(H,18,19). The highest BCUT2D eigenvalue weighted by molar-refractivity contribution is 8.00. The van der Waals surface area contributed by atoms with Crippen LogP contribution in [0.4, 0.5) is 5.69 Å². The van der Waals surface area contributed by atoms with E-state index in [0.29, 0.717) is 5.25 Å². The number of rotatable bonds is 5. The first-order valence-electron chi connectivity index (χ1n) is 7.40. The first-order chi connectivity index (χ1) is 9.58. The van der Waals surface area contributed by atoms with Gasteiger partial charge in [0.15, 0.2) is 0 Å². The quantitative estimate of drug-likeness (QED) is 0.871. The van der Waals surface area contributed by atoms with Gasteiger partial charge < -0.3 is 11.1 Å². The zero-order valence-corrected chi connectivity index (χ0v) is 13.1. The van der Waals surface area contributed by atoms with E-state index < -0.39 is 0 Å². The summed E-state index contributed by atoms with van der Waals surface area (Å²) >= 11 is 1.89. The Hall–Kier alpha value is -1.00. The first kappa shape index (κ1) is 15.4. The molecule has 1 aliphatic carbocycles. The van der Waals surface area contributed by atoms with Crippen molar-refractivity contribution in [2.75, 3.05) is 5.32 Å². The molecule has 2 unspecified atom stereocenters. The second-order valence-electron chi connectivity index (χ2n) is 5.66. The Kier molecular flexibility index (Phi) is 5.49. The summed E-state index contributed by atoms with van der Waals surface area (Å²) in [5.74, 6) is -0.181. The minimum atomic E-state index is -0.181. The molecule has 2 atom stereocenters. The van der Waals surface area contributed by atoms with Crippen molar-refractivity contribution in [2.24, 2.45) is 11.7 Å². The third-order valence-corrected chi connectivity index (χ3v) is 5.36. The lowest BCUT2D eigenvalue weighted by Gasteiger charge is -2.18. The summed E-state index contributed by atoms with van der Waals surface area (Å²) in [7, 11) is 0. The number of amides is 1. The van der Waals surface area contributed by atoms with Crippen LogP contribution in [0.5, 0.6) is 0 Å². The second kappa shape index (κ2) is 7.14. The van der Waals surface area contributed by atoms with Crippen LogP contribution in [0.25, 0.3) is 0 Å². The molecule has 1 amide bonds. The molecule has 0 bridgehead atoms. The molecule has 4 heteroatoms. The summed E-state index contributed by atoms with van der Waals surface area (Å²) in [5, 5.41) is 3.72. The molecule has 0 spiro atoms. The first-order valence-corrected chi connectivity index (χ1v) is 8.28. The summed E-state index contributed by atoms with van der Waals surface area (Å²) in [6, 6.07) is 7.93. The maximum Gasteiger partial charge on any atom is 0.228 e. The number of anilines is 1. The van der Waals surface area contributed by atoms with Gasteiger partial charge >= 0.3 is 0 Å². The number of nitrogens with one attached hydrogen (secondary N) is 1. The van der Waals surface area contributed by atoms with Crippen molar-refractivity contribution in [3.8, 4) is 0 Å². The summed E-state index contributed by atoms with van der Waals surface area (Å²) in [6.07, 6.45) is 5.22. The van der Waals surface area contributed by atoms with E-state index in [1.807, 2.05) is 43.8 Å². The molecular weight excluding hydrogens is 268 g/mol. The molecule has 1 saturated carbocycles. The highest BCUT2D eigenvalue weighted by Gasteiger charge is 2.20. The van der Waals surface area contributed by atoms with Crippen LogP contribution in [0.3, 0.4) is 0 Å². The van der Waals surface area contributed by atoms with E-state index in [1.165, 1.54) is 30.6 Å². The molecule has 0 aliphatic heterocycles. The molecule has 110 valence electrons. The van der Waals surface area contributed by atoms with Crippen molar-refractivity contribution in [1.82, 2.24) is 0 Å². The minimum absolute atomic E-state index is 0.000489. The summed E-state index contributed by atoms with van der Waals surface area (Å²) in [4.78, 5) is 13.3. The van der Waals surface area contributed by atoms with Crippen molar-refractivity contribution < 1.29 is 4.79 Å². The van der Waals surface area contributed by atoms with E-state index >= 15 is 0 Å². The highest BCUT2D eigenvalue weighted by Crippen LogP contribution is 2.38. The fourth-order valence-corrected chi connectivity index (χ4v) is 3.68. The number of benzene rings is 1. The molecule has 0 radical (unpaired) electrons. The van der Waals surface area contributed by atoms with Crippen LogP contribution in [-0.4, -0.2) is 17.2 Å². The van der Waals surface area contributed by atoms with Crippen LogP contribution >= 0.6 is 11.8 Å². The Balaban J connectivity index is 2.05. The summed E-state index contributed by atoms with van der Waals surface area (Å²) < 4.78 is 0. The van der Waals surface area contributed by atoms with Gasteiger partial charge in [0, 0.05) is 16.2 Å². The number of thioether (sulfide) groups is 1. The van der Waals surface area contributed by atoms with Gasteiger partial charge in [0.25, 0.3) is 0 Å². The molecule has 20 heavy (non-hydrogen) atoms. The summed E-state index contributed by atoms with van der Waals surface area (Å²) in [5.41, 5.74) is 6.71. The monoisotopic (exact) mass is 292 g/mol. The molecule has 1 aromatic rings. The number of nitrogens with two attached hydrogens (primary N) is 1. The second-order valence-corrected chi connectivity index (χ2v) is 7.00. The molecule has 0 aromatic heterocycles. The molecule has 1 aliphatic rings.